The SMILES string of the molecule is C=CCOc1cccc(CN2CCCc3cc(CN(O)C(N)=O)ccc32)c1. The number of carbonyl (C=O) groups is 1. The largest absolute Gasteiger partial charge is 0.490 e. The van der Waals surface area contributed by atoms with Gasteiger partial charge < -0.3 is 15.4 Å². The quantitative estimate of drug-likeness (QED) is 0.446. The Morgan fingerprint density at radius 3 is 2.93 bits per heavy atom. The van der Waals surface area contributed by atoms with Crippen LogP contribution in [0.2, 0.25) is 0 Å². The monoisotopic (exact) mass is 367 g/mol. The van der Waals surface area contributed by atoms with Crippen LogP contribution in [0, 0.1) is 0 Å². The summed E-state index contributed by atoms with van der Waals surface area (Å²) >= 11 is 0. The zero-order valence-electron chi connectivity index (χ0n) is 15.3. The predicted molar refractivity (Wildman–Crippen MR) is 105 cm³/mol. The number of nitrogens with zero attached hydrogens (tertiary/aromatic N) is 2. The van der Waals surface area contributed by atoms with E-state index in [0.717, 1.165) is 37.2 Å². The number of benzene rings is 2. The van der Waals surface area contributed by atoms with Crippen LogP contribution in [0.4, 0.5) is 10.5 Å². The number of aryl methyl sites for hydroxylation is 1. The van der Waals surface area contributed by atoms with E-state index in [2.05, 4.69) is 29.7 Å². The number of nitrogens with two attached hydrogens (primary N) is 1. The fourth-order valence-corrected chi connectivity index (χ4v) is 3.35. The van der Waals surface area contributed by atoms with E-state index in [4.69, 9.17) is 10.5 Å². The van der Waals surface area contributed by atoms with Crippen molar-refractivity contribution in [2.75, 3.05) is 18.1 Å². The molecule has 0 saturated heterocycles. The highest BCUT2D eigenvalue weighted by Gasteiger charge is 2.18. The van der Waals surface area contributed by atoms with Crippen LogP contribution in [0.25, 0.3) is 0 Å². The lowest BCUT2D eigenvalue weighted by atomic mass is 9.98. The normalized spacial score (nSPS) is 13.0. The van der Waals surface area contributed by atoms with E-state index in [1.807, 2.05) is 24.3 Å². The molecule has 0 fully saturated rings. The molecule has 6 nitrogen and oxygen atoms in total. The van der Waals surface area contributed by atoms with Gasteiger partial charge in [-0.15, -0.1) is 0 Å². The molecule has 0 spiro atoms. The van der Waals surface area contributed by atoms with Gasteiger partial charge >= 0.3 is 6.03 Å². The van der Waals surface area contributed by atoms with Gasteiger partial charge in [0.05, 0.1) is 6.54 Å². The molecule has 2 amide bonds. The molecule has 2 aromatic rings. The Labute approximate surface area is 159 Å². The van der Waals surface area contributed by atoms with Gasteiger partial charge in [0.1, 0.15) is 12.4 Å². The van der Waals surface area contributed by atoms with E-state index in [1.165, 1.54) is 16.8 Å². The summed E-state index contributed by atoms with van der Waals surface area (Å²) in [4.78, 5) is 13.4. The van der Waals surface area contributed by atoms with Crippen LogP contribution < -0.4 is 15.4 Å². The molecule has 1 heterocycles. The van der Waals surface area contributed by atoms with Crippen molar-refractivity contribution in [1.82, 2.24) is 5.06 Å². The zero-order valence-corrected chi connectivity index (χ0v) is 15.3. The Morgan fingerprint density at radius 1 is 1.30 bits per heavy atom. The third-order valence-corrected chi connectivity index (χ3v) is 4.59. The molecule has 2 aromatic carbocycles. The van der Waals surface area contributed by atoms with Crippen molar-refractivity contribution in [1.29, 1.82) is 0 Å². The zero-order chi connectivity index (χ0) is 19.2. The summed E-state index contributed by atoms with van der Waals surface area (Å²) in [6.07, 6.45) is 3.77. The molecular formula is C21H25N3O3. The number of anilines is 1. The highest BCUT2D eigenvalue weighted by Crippen LogP contribution is 2.30. The van der Waals surface area contributed by atoms with Crippen molar-refractivity contribution in [3.63, 3.8) is 0 Å². The third kappa shape index (κ3) is 4.80. The molecule has 0 bridgehead atoms. The van der Waals surface area contributed by atoms with Crippen molar-refractivity contribution in [2.24, 2.45) is 5.73 Å². The van der Waals surface area contributed by atoms with Gasteiger partial charge in [-0.2, -0.15) is 0 Å². The number of urea groups is 1. The lowest BCUT2D eigenvalue weighted by Gasteiger charge is -2.32. The fourth-order valence-electron chi connectivity index (χ4n) is 3.35. The number of carbonyl (C=O) groups excluding carboxylic acids is 1. The van der Waals surface area contributed by atoms with Crippen LogP contribution in [0.1, 0.15) is 23.1 Å². The first-order chi connectivity index (χ1) is 13.1. The molecule has 0 atom stereocenters. The summed E-state index contributed by atoms with van der Waals surface area (Å²) in [5.74, 6) is 0.842. The molecule has 0 unspecified atom stereocenters. The number of ether oxygens (including phenoxy) is 1. The minimum absolute atomic E-state index is 0.0886. The number of hydrogen-bond acceptors (Lipinski definition) is 4. The third-order valence-electron chi connectivity index (χ3n) is 4.59. The van der Waals surface area contributed by atoms with Gasteiger partial charge in [0.15, 0.2) is 0 Å². The molecule has 0 aliphatic carbocycles. The smallest absolute Gasteiger partial charge is 0.338 e. The van der Waals surface area contributed by atoms with Gasteiger partial charge in [-0.05, 0) is 47.7 Å². The van der Waals surface area contributed by atoms with Crippen LogP contribution in [-0.4, -0.2) is 29.5 Å². The van der Waals surface area contributed by atoms with Crippen LogP contribution in [0.15, 0.2) is 55.1 Å². The first-order valence-electron chi connectivity index (χ1n) is 9.02. The van der Waals surface area contributed by atoms with E-state index in [9.17, 15) is 10.0 Å². The summed E-state index contributed by atoms with van der Waals surface area (Å²) in [5.41, 5.74) is 9.53. The van der Waals surface area contributed by atoms with E-state index in [1.54, 1.807) is 6.08 Å². The van der Waals surface area contributed by atoms with E-state index >= 15 is 0 Å². The maximum Gasteiger partial charge on any atom is 0.338 e. The standard InChI is InChI=1S/C21H25N3O3/c1-2-11-27-19-7-3-5-16(13-19)14-23-10-4-6-18-12-17(8-9-20(18)23)15-24(26)21(22)25/h2-3,5,7-9,12-13,26H,1,4,6,10-11,14-15H2,(H2,22,25). The Balaban J connectivity index is 1.74. The number of hydrogen-bond donors (Lipinski definition) is 2. The van der Waals surface area contributed by atoms with Crippen LogP contribution >= 0.6 is 0 Å². The molecule has 27 heavy (non-hydrogen) atoms. The maximum absolute atomic E-state index is 11.0. The van der Waals surface area contributed by atoms with Crippen molar-refractivity contribution in [3.05, 3.63) is 71.8 Å². The molecule has 0 radical (unpaired) electrons. The highest BCUT2D eigenvalue weighted by molar-refractivity contribution is 5.70. The Kier molecular flexibility index (Phi) is 5.98. The van der Waals surface area contributed by atoms with Crippen LogP contribution in [0.3, 0.4) is 0 Å². The van der Waals surface area contributed by atoms with Crippen molar-refractivity contribution in [3.8, 4) is 5.75 Å². The minimum atomic E-state index is -0.854. The summed E-state index contributed by atoms with van der Waals surface area (Å²) in [5, 5.41) is 10.1. The second-order valence-corrected chi connectivity index (χ2v) is 6.63. The Bertz CT molecular complexity index is 822. The molecule has 0 saturated carbocycles. The number of amides is 2. The maximum atomic E-state index is 11.0. The van der Waals surface area contributed by atoms with E-state index in [-0.39, 0.29) is 6.54 Å². The lowest BCUT2D eigenvalue weighted by molar-refractivity contribution is -0.0470. The summed E-state index contributed by atoms with van der Waals surface area (Å²) in [6.45, 7) is 6.03. The predicted octanol–water partition coefficient (Wildman–Crippen LogP) is 3.47. The molecule has 6 heteroatoms. The van der Waals surface area contributed by atoms with Gasteiger partial charge in [0.2, 0.25) is 0 Å². The molecular weight excluding hydrogens is 342 g/mol. The first kappa shape index (κ1) is 18.8. The average molecular weight is 367 g/mol. The molecule has 1 aliphatic rings. The molecule has 3 rings (SSSR count). The molecule has 3 N–H and O–H groups in total. The second-order valence-electron chi connectivity index (χ2n) is 6.63. The summed E-state index contributed by atoms with van der Waals surface area (Å²) < 4.78 is 5.62. The number of hydroxylamine groups is 2. The highest BCUT2D eigenvalue weighted by atomic mass is 16.5. The van der Waals surface area contributed by atoms with Crippen molar-refractivity contribution >= 4 is 11.7 Å². The topological polar surface area (TPSA) is 79.0 Å². The minimum Gasteiger partial charge on any atom is -0.490 e. The molecule has 1 aliphatic heterocycles. The van der Waals surface area contributed by atoms with E-state index < -0.39 is 6.03 Å². The fraction of sp³-hybridized carbons (Fsp3) is 0.286. The van der Waals surface area contributed by atoms with Crippen LogP contribution in [0.5, 0.6) is 5.75 Å². The van der Waals surface area contributed by atoms with Crippen molar-refractivity contribution < 1.29 is 14.7 Å². The van der Waals surface area contributed by atoms with E-state index in [0.29, 0.717) is 11.7 Å². The molecule has 0 aromatic heterocycles. The molecule has 142 valence electrons. The van der Waals surface area contributed by atoms with Gasteiger partial charge in [0, 0.05) is 18.8 Å². The van der Waals surface area contributed by atoms with Crippen LogP contribution in [-0.2, 0) is 19.5 Å². The van der Waals surface area contributed by atoms with Gasteiger partial charge in [-0.1, -0.05) is 36.9 Å². The first-order valence-corrected chi connectivity index (χ1v) is 9.02. The summed E-state index contributed by atoms with van der Waals surface area (Å²) in [7, 11) is 0. The second kappa shape index (κ2) is 8.60. The van der Waals surface area contributed by atoms with Gasteiger partial charge in [0.25, 0.3) is 0 Å². The lowest BCUT2D eigenvalue weighted by Crippen LogP contribution is -2.32. The number of primary amides is 1. The van der Waals surface area contributed by atoms with Gasteiger partial charge in [-0.3, -0.25) is 5.21 Å². The van der Waals surface area contributed by atoms with Gasteiger partial charge in [-0.25, -0.2) is 9.86 Å². The van der Waals surface area contributed by atoms with Crippen molar-refractivity contribution in [2.45, 2.75) is 25.9 Å². The number of fused-ring (bicyclic) bond motifs is 1. The number of rotatable bonds is 7. The summed E-state index contributed by atoms with van der Waals surface area (Å²) in [6, 6.07) is 13.3. The Morgan fingerprint density at radius 2 is 2.15 bits per heavy atom. The Hall–Kier alpha value is -2.99. The average Bonchev–Trinajstić information content (AvgIpc) is 2.66.